The van der Waals surface area contributed by atoms with Crippen LogP contribution in [0, 0.1) is 16.4 Å². The van der Waals surface area contributed by atoms with Gasteiger partial charge in [-0.15, -0.1) is 0 Å². The standard InChI is InChI=1S/C12H16IN/c1-8-10(3-2-4-11(8)13)12(14)7-9-5-6-9/h2-4,9,12H,5-7,14H2,1H3/t12-/m0/s1. The maximum Gasteiger partial charge on any atom is 0.0300 e. The molecule has 0 amide bonds. The molecular formula is C12H16IN. The molecule has 14 heavy (non-hydrogen) atoms. The van der Waals surface area contributed by atoms with Gasteiger partial charge in [-0.25, -0.2) is 0 Å². The van der Waals surface area contributed by atoms with Crippen LogP contribution in [0.3, 0.4) is 0 Å². The van der Waals surface area contributed by atoms with E-state index in [9.17, 15) is 0 Å². The predicted molar refractivity (Wildman–Crippen MR) is 68.2 cm³/mol. The van der Waals surface area contributed by atoms with Gasteiger partial charge in [0.25, 0.3) is 0 Å². The van der Waals surface area contributed by atoms with Gasteiger partial charge in [0, 0.05) is 9.61 Å². The highest BCUT2D eigenvalue weighted by atomic mass is 127. The fraction of sp³-hybridized carbons (Fsp3) is 0.500. The highest BCUT2D eigenvalue weighted by Gasteiger charge is 2.25. The van der Waals surface area contributed by atoms with E-state index in [-0.39, 0.29) is 6.04 Å². The molecule has 1 aromatic rings. The summed E-state index contributed by atoms with van der Waals surface area (Å²) in [6, 6.07) is 6.67. The van der Waals surface area contributed by atoms with Gasteiger partial charge in [0.15, 0.2) is 0 Å². The highest BCUT2D eigenvalue weighted by molar-refractivity contribution is 14.1. The average molecular weight is 301 g/mol. The number of benzene rings is 1. The van der Waals surface area contributed by atoms with Crippen molar-refractivity contribution in [2.45, 2.75) is 32.2 Å². The molecule has 0 unspecified atom stereocenters. The molecule has 1 aliphatic carbocycles. The molecule has 1 fully saturated rings. The Morgan fingerprint density at radius 2 is 2.21 bits per heavy atom. The molecule has 2 rings (SSSR count). The Morgan fingerprint density at radius 1 is 1.50 bits per heavy atom. The zero-order valence-corrected chi connectivity index (χ0v) is 10.6. The zero-order chi connectivity index (χ0) is 10.1. The van der Waals surface area contributed by atoms with Gasteiger partial charge in [-0.2, -0.15) is 0 Å². The van der Waals surface area contributed by atoms with Crippen molar-refractivity contribution in [1.82, 2.24) is 0 Å². The summed E-state index contributed by atoms with van der Waals surface area (Å²) in [6.07, 6.45) is 3.94. The van der Waals surface area contributed by atoms with Crippen molar-refractivity contribution in [3.63, 3.8) is 0 Å². The van der Waals surface area contributed by atoms with Crippen molar-refractivity contribution < 1.29 is 0 Å². The van der Waals surface area contributed by atoms with Gasteiger partial charge in [-0.1, -0.05) is 25.0 Å². The van der Waals surface area contributed by atoms with Crippen LogP contribution >= 0.6 is 22.6 Å². The molecule has 1 aromatic carbocycles. The smallest absolute Gasteiger partial charge is 0.0300 e. The van der Waals surface area contributed by atoms with E-state index in [0.717, 1.165) is 5.92 Å². The molecule has 0 saturated heterocycles. The maximum absolute atomic E-state index is 6.20. The second-order valence-electron chi connectivity index (χ2n) is 4.24. The van der Waals surface area contributed by atoms with Crippen molar-refractivity contribution in [3.05, 3.63) is 32.9 Å². The zero-order valence-electron chi connectivity index (χ0n) is 8.46. The predicted octanol–water partition coefficient (Wildman–Crippen LogP) is 3.40. The number of hydrogen-bond donors (Lipinski definition) is 1. The van der Waals surface area contributed by atoms with E-state index in [1.54, 1.807) is 0 Å². The van der Waals surface area contributed by atoms with Crippen LogP contribution in [0.5, 0.6) is 0 Å². The van der Waals surface area contributed by atoms with Crippen LogP contribution in [-0.2, 0) is 0 Å². The molecule has 2 N–H and O–H groups in total. The summed E-state index contributed by atoms with van der Waals surface area (Å²) in [7, 11) is 0. The summed E-state index contributed by atoms with van der Waals surface area (Å²) < 4.78 is 1.33. The van der Waals surface area contributed by atoms with Crippen molar-refractivity contribution >= 4 is 22.6 Å². The van der Waals surface area contributed by atoms with Crippen LogP contribution in [0.15, 0.2) is 18.2 Å². The van der Waals surface area contributed by atoms with Crippen LogP contribution in [-0.4, -0.2) is 0 Å². The molecule has 0 heterocycles. The van der Waals surface area contributed by atoms with Gasteiger partial charge >= 0.3 is 0 Å². The largest absolute Gasteiger partial charge is 0.324 e. The first-order chi connectivity index (χ1) is 6.68. The van der Waals surface area contributed by atoms with Gasteiger partial charge in [0.05, 0.1) is 0 Å². The van der Waals surface area contributed by atoms with Crippen molar-refractivity contribution in [2.24, 2.45) is 11.7 Å². The molecule has 0 aromatic heterocycles. The third kappa shape index (κ3) is 2.28. The minimum absolute atomic E-state index is 0.247. The molecule has 0 bridgehead atoms. The third-order valence-corrected chi connectivity index (χ3v) is 4.16. The second-order valence-corrected chi connectivity index (χ2v) is 5.40. The summed E-state index contributed by atoms with van der Waals surface area (Å²) in [6.45, 7) is 2.17. The lowest BCUT2D eigenvalue weighted by molar-refractivity contribution is 0.594. The molecule has 1 saturated carbocycles. The molecule has 0 spiro atoms. The Bertz CT molecular complexity index is 331. The Labute approximate surface area is 99.2 Å². The van der Waals surface area contributed by atoms with Crippen molar-refractivity contribution in [3.8, 4) is 0 Å². The number of nitrogens with two attached hydrogens (primary N) is 1. The van der Waals surface area contributed by atoms with Gasteiger partial charge in [-0.05, 0) is 59.0 Å². The van der Waals surface area contributed by atoms with E-state index in [1.807, 2.05) is 0 Å². The minimum Gasteiger partial charge on any atom is -0.324 e. The molecule has 1 atom stereocenters. The van der Waals surface area contributed by atoms with E-state index in [0.29, 0.717) is 0 Å². The Kier molecular flexibility index (Phi) is 3.12. The molecule has 1 nitrogen and oxygen atoms in total. The number of rotatable bonds is 3. The van der Waals surface area contributed by atoms with E-state index >= 15 is 0 Å². The maximum atomic E-state index is 6.20. The molecule has 0 aliphatic heterocycles. The average Bonchev–Trinajstić information content (AvgIpc) is 2.93. The summed E-state index contributed by atoms with van der Waals surface area (Å²) >= 11 is 2.38. The highest BCUT2D eigenvalue weighted by Crippen LogP contribution is 2.37. The van der Waals surface area contributed by atoms with E-state index in [2.05, 4.69) is 47.7 Å². The van der Waals surface area contributed by atoms with Gasteiger partial charge in [0.1, 0.15) is 0 Å². The monoisotopic (exact) mass is 301 g/mol. The van der Waals surface area contributed by atoms with Crippen molar-refractivity contribution in [2.75, 3.05) is 0 Å². The first-order valence-corrected chi connectivity index (χ1v) is 6.27. The molecule has 0 radical (unpaired) electrons. The Balaban J connectivity index is 2.16. The van der Waals surface area contributed by atoms with Gasteiger partial charge in [0.2, 0.25) is 0 Å². The quantitative estimate of drug-likeness (QED) is 0.851. The summed E-state index contributed by atoms with van der Waals surface area (Å²) in [5.41, 5.74) is 8.90. The molecular weight excluding hydrogens is 285 g/mol. The lowest BCUT2D eigenvalue weighted by atomic mass is 9.98. The van der Waals surface area contributed by atoms with Crippen molar-refractivity contribution in [1.29, 1.82) is 0 Å². The fourth-order valence-corrected chi connectivity index (χ4v) is 2.38. The Morgan fingerprint density at radius 3 is 2.86 bits per heavy atom. The lowest BCUT2D eigenvalue weighted by Gasteiger charge is -2.15. The minimum atomic E-state index is 0.247. The third-order valence-electron chi connectivity index (χ3n) is 2.99. The van der Waals surface area contributed by atoms with E-state index < -0.39 is 0 Å². The number of hydrogen-bond acceptors (Lipinski definition) is 1. The normalized spacial score (nSPS) is 18.2. The van der Waals surface area contributed by atoms with Crippen LogP contribution in [0.1, 0.15) is 36.4 Å². The fourth-order valence-electron chi connectivity index (χ4n) is 1.87. The van der Waals surface area contributed by atoms with Crippen LogP contribution in [0.4, 0.5) is 0 Å². The van der Waals surface area contributed by atoms with Crippen LogP contribution < -0.4 is 5.73 Å². The topological polar surface area (TPSA) is 26.0 Å². The summed E-state index contributed by atoms with van der Waals surface area (Å²) in [5.74, 6) is 0.905. The van der Waals surface area contributed by atoms with Gasteiger partial charge < -0.3 is 5.73 Å². The number of halogens is 1. The molecule has 1 aliphatic rings. The SMILES string of the molecule is Cc1c(I)cccc1[C@@H](N)CC1CC1. The summed E-state index contributed by atoms with van der Waals surface area (Å²) in [5, 5.41) is 0. The van der Waals surface area contributed by atoms with E-state index in [4.69, 9.17) is 5.73 Å². The first kappa shape index (κ1) is 10.4. The van der Waals surface area contributed by atoms with E-state index in [1.165, 1.54) is 34.0 Å². The van der Waals surface area contributed by atoms with Crippen LogP contribution in [0.25, 0.3) is 0 Å². The molecule has 2 heteroatoms. The first-order valence-electron chi connectivity index (χ1n) is 5.19. The lowest BCUT2D eigenvalue weighted by Crippen LogP contribution is -2.12. The van der Waals surface area contributed by atoms with Crippen LogP contribution in [0.2, 0.25) is 0 Å². The second kappa shape index (κ2) is 4.19. The van der Waals surface area contributed by atoms with Gasteiger partial charge in [-0.3, -0.25) is 0 Å². The molecule has 76 valence electrons. The Hall–Kier alpha value is -0.0900. The summed E-state index contributed by atoms with van der Waals surface area (Å²) in [4.78, 5) is 0.